The van der Waals surface area contributed by atoms with Crippen molar-refractivity contribution < 1.29 is 23.1 Å². The van der Waals surface area contributed by atoms with Gasteiger partial charge in [-0.3, -0.25) is 9.69 Å². The Morgan fingerprint density at radius 2 is 2.12 bits per heavy atom. The number of nitrogens with zero attached hydrogens (tertiary/aromatic N) is 1. The predicted octanol–water partition coefficient (Wildman–Crippen LogP) is 2.94. The molecule has 24 heavy (non-hydrogen) atoms. The fourth-order valence-corrected chi connectivity index (χ4v) is 3.05. The van der Waals surface area contributed by atoms with E-state index in [1.54, 1.807) is 0 Å². The van der Waals surface area contributed by atoms with Gasteiger partial charge in [-0.15, -0.1) is 0 Å². The maximum Gasteiger partial charge on any atom is 0.416 e. The van der Waals surface area contributed by atoms with Gasteiger partial charge in [0.15, 0.2) is 0 Å². The van der Waals surface area contributed by atoms with Crippen LogP contribution in [0.2, 0.25) is 5.02 Å². The van der Waals surface area contributed by atoms with Crippen molar-refractivity contribution in [2.75, 3.05) is 26.2 Å². The van der Waals surface area contributed by atoms with Crippen molar-refractivity contribution in [1.29, 1.82) is 0 Å². The maximum atomic E-state index is 12.7. The number of likely N-dealkylation sites (tertiary alicyclic amines) is 1. The van der Waals surface area contributed by atoms with E-state index in [0.717, 1.165) is 44.0 Å². The van der Waals surface area contributed by atoms with Crippen molar-refractivity contribution in [2.45, 2.75) is 31.5 Å². The molecule has 134 valence electrons. The third-order valence-electron chi connectivity index (χ3n) is 4.18. The minimum absolute atomic E-state index is 0.0216. The number of halogens is 4. The zero-order valence-electron chi connectivity index (χ0n) is 13.1. The summed E-state index contributed by atoms with van der Waals surface area (Å²) < 4.78 is 38.2. The molecule has 0 spiro atoms. The number of alkyl halides is 3. The first-order valence-electron chi connectivity index (χ1n) is 7.83. The minimum atomic E-state index is -4.53. The van der Waals surface area contributed by atoms with E-state index in [1.807, 2.05) is 0 Å². The van der Waals surface area contributed by atoms with Gasteiger partial charge in [-0.2, -0.15) is 13.2 Å². The molecule has 1 aliphatic rings. The summed E-state index contributed by atoms with van der Waals surface area (Å²) in [4.78, 5) is 14.2. The van der Waals surface area contributed by atoms with Crippen LogP contribution in [0.15, 0.2) is 18.2 Å². The summed E-state index contributed by atoms with van der Waals surface area (Å²) in [6.45, 7) is 1.72. The van der Waals surface area contributed by atoms with Crippen LogP contribution in [-0.4, -0.2) is 48.2 Å². The van der Waals surface area contributed by atoms with Gasteiger partial charge in [0.1, 0.15) is 0 Å². The third kappa shape index (κ3) is 4.84. The van der Waals surface area contributed by atoms with Crippen LogP contribution in [0.5, 0.6) is 0 Å². The van der Waals surface area contributed by atoms with Crippen LogP contribution >= 0.6 is 11.6 Å². The van der Waals surface area contributed by atoms with E-state index in [0.29, 0.717) is 6.54 Å². The molecule has 1 fully saturated rings. The number of benzene rings is 1. The molecule has 8 heteroatoms. The van der Waals surface area contributed by atoms with E-state index in [1.165, 1.54) is 0 Å². The Kier molecular flexibility index (Phi) is 6.48. The Morgan fingerprint density at radius 3 is 2.79 bits per heavy atom. The molecule has 1 amide bonds. The normalized spacial score (nSPS) is 19.3. The van der Waals surface area contributed by atoms with E-state index in [4.69, 9.17) is 11.6 Å². The molecule has 1 saturated heterocycles. The van der Waals surface area contributed by atoms with Crippen molar-refractivity contribution >= 4 is 17.5 Å². The smallest absolute Gasteiger partial charge is 0.395 e. The monoisotopic (exact) mass is 364 g/mol. The molecular weight excluding hydrogens is 345 g/mol. The first-order valence-corrected chi connectivity index (χ1v) is 8.20. The molecule has 4 nitrogen and oxygen atoms in total. The fraction of sp³-hybridized carbons (Fsp3) is 0.562. The summed E-state index contributed by atoms with van der Waals surface area (Å²) in [6.07, 6.45) is -1.52. The molecule has 0 saturated carbocycles. The zero-order chi connectivity index (χ0) is 17.7. The van der Waals surface area contributed by atoms with Gasteiger partial charge >= 0.3 is 6.18 Å². The van der Waals surface area contributed by atoms with Crippen LogP contribution < -0.4 is 5.32 Å². The second kappa shape index (κ2) is 8.18. The standard InChI is InChI=1S/C16H20ClF3N2O2/c17-14-5-4-11(16(18,19)20)9-13(14)15(24)21-6-8-22-7-2-1-3-12(22)10-23/h4-5,9,12,23H,1-3,6-8,10H2,(H,21,24)/t12-/m0/s1. The molecule has 1 heterocycles. The van der Waals surface area contributed by atoms with Crippen LogP contribution in [-0.2, 0) is 6.18 Å². The lowest BCUT2D eigenvalue weighted by Crippen LogP contribution is -2.45. The lowest BCUT2D eigenvalue weighted by Gasteiger charge is -2.34. The molecule has 0 unspecified atom stereocenters. The first kappa shape index (κ1) is 19.0. The Morgan fingerprint density at radius 1 is 1.38 bits per heavy atom. The van der Waals surface area contributed by atoms with Crippen LogP contribution in [0.25, 0.3) is 0 Å². The van der Waals surface area contributed by atoms with Gasteiger partial charge in [-0.25, -0.2) is 0 Å². The molecule has 0 aliphatic carbocycles. The number of amides is 1. The van der Waals surface area contributed by atoms with Crippen LogP contribution in [0, 0.1) is 0 Å². The first-order chi connectivity index (χ1) is 11.3. The number of hydrogen-bond acceptors (Lipinski definition) is 3. The zero-order valence-corrected chi connectivity index (χ0v) is 13.8. The number of carbonyl (C=O) groups is 1. The molecule has 1 atom stereocenters. The summed E-state index contributed by atoms with van der Waals surface area (Å²) in [7, 11) is 0. The minimum Gasteiger partial charge on any atom is -0.395 e. The van der Waals surface area contributed by atoms with E-state index in [2.05, 4.69) is 10.2 Å². The fourth-order valence-electron chi connectivity index (χ4n) is 2.85. The number of nitrogens with one attached hydrogen (secondary N) is 1. The molecule has 2 rings (SSSR count). The van der Waals surface area contributed by atoms with Gasteiger partial charge < -0.3 is 10.4 Å². The summed E-state index contributed by atoms with van der Waals surface area (Å²) >= 11 is 5.84. The topological polar surface area (TPSA) is 52.6 Å². The van der Waals surface area contributed by atoms with Crippen molar-refractivity contribution in [2.24, 2.45) is 0 Å². The molecule has 2 N–H and O–H groups in total. The van der Waals surface area contributed by atoms with Gasteiger partial charge in [0.25, 0.3) is 5.91 Å². The average Bonchev–Trinajstić information content (AvgIpc) is 2.54. The van der Waals surface area contributed by atoms with E-state index in [-0.39, 0.29) is 29.8 Å². The molecule has 1 aromatic rings. The van der Waals surface area contributed by atoms with Gasteiger partial charge in [-0.1, -0.05) is 18.0 Å². The van der Waals surface area contributed by atoms with Crippen molar-refractivity contribution in [1.82, 2.24) is 10.2 Å². The van der Waals surface area contributed by atoms with E-state index >= 15 is 0 Å². The number of hydrogen-bond donors (Lipinski definition) is 2. The number of rotatable bonds is 5. The summed E-state index contributed by atoms with van der Waals surface area (Å²) in [5.74, 6) is -0.636. The van der Waals surface area contributed by atoms with Gasteiger partial charge in [0.05, 0.1) is 22.8 Å². The van der Waals surface area contributed by atoms with Crippen molar-refractivity contribution in [3.63, 3.8) is 0 Å². The molecule has 0 aromatic heterocycles. The van der Waals surface area contributed by atoms with Crippen LogP contribution in [0.4, 0.5) is 13.2 Å². The Balaban J connectivity index is 1.95. The summed E-state index contributed by atoms with van der Waals surface area (Å²) in [6, 6.07) is 2.76. The average molecular weight is 365 g/mol. The molecule has 0 radical (unpaired) electrons. The highest BCUT2D eigenvalue weighted by atomic mass is 35.5. The lowest BCUT2D eigenvalue weighted by molar-refractivity contribution is -0.137. The highest BCUT2D eigenvalue weighted by molar-refractivity contribution is 6.33. The number of piperidine rings is 1. The van der Waals surface area contributed by atoms with E-state index in [9.17, 15) is 23.1 Å². The number of aliphatic hydroxyl groups is 1. The molecule has 0 bridgehead atoms. The summed E-state index contributed by atoms with van der Waals surface area (Å²) in [5.41, 5.74) is -1.10. The van der Waals surface area contributed by atoms with Gasteiger partial charge in [0, 0.05) is 19.1 Å². The van der Waals surface area contributed by atoms with Crippen LogP contribution in [0.3, 0.4) is 0 Å². The Labute approximate surface area is 143 Å². The van der Waals surface area contributed by atoms with Crippen molar-refractivity contribution in [3.05, 3.63) is 34.3 Å². The predicted molar refractivity (Wildman–Crippen MR) is 85.1 cm³/mol. The highest BCUT2D eigenvalue weighted by Gasteiger charge is 2.31. The lowest BCUT2D eigenvalue weighted by atomic mass is 10.0. The highest BCUT2D eigenvalue weighted by Crippen LogP contribution is 2.31. The summed E-state index contributed by atoms with van der Waals surface area (Å²) in [5, 5.41) is 11.9. The SMILES string of the molecule is O=C(NCCN1CCCC[C@H]1CO)c1cc(C(F)(F)F)ccc1Cl. The van der Waals surface area contributed by atoms with Gasteiger partial charge in [0.2, 0.25) is 0 Å². The Hall–Kier alpha value is -1.31. The number of carbonyl (C=O) groups excluding carboxylic acids is 1. The largest absolute Gasteiger partial charge is 0.416 e. The van der Waals surface area contributed by atoms with Crippen molar-refractivity contribution in [3.8, 4) is 0 Å². The quantitative estimate of drug-likeness (QED) is 0.844. The second-order valence-electron chi connectivity index (χ2n) is 5.82. The molecule has 1 aromatic carbocycles. The Bertz CT molecular complexity index is 581. The van der Waals surface area contributed by atoms with E-state index < -0.39 is 17.6 Å². The molecule has 1 aliphatic heterocycles. The van der Waals surface area contributed by atoms with Crippen LogP contribution in [0.1, 0.15) is 35.2 Å². The maximum absolute atomic E-state index is 12.7. The van der Waals surface area contributed by atoms with Gasteiger partial charge in [-0.05, 0) is 37.6 Å². The third-order valence-corrected chi connectivity index (χ3v) is 4.51. The second-order valence-corrected chi connectivity index (χ2v) is 6.22. The number of aliphatic hydroxyl groups excluding tert-OH is 1. The molecular formula is C16H20ClF3N2O2.